The minimum Gasteiger partial charge on any atom is -0.481 e. The van der Waals surface area contributed by atoms with Crippen molar-refractivity contribution in [2.24, 2.45) is 0 Å². The fourth-order valence-electron chi connectivity index (χ4n) is 5.13. The molecule has 13 heteroatoms. The van der Waals surface area contributed by atoms with Gasteiger partial charge >= 0.3 is 0 Å². The summed E-state index contributed by atoms with van der Waals surface area (Å²) in [6.07, 6.45) is 2.70. The van der Waals surface area contributed by atoms with Crippen LogP contribution in [0.4, 0.5) is 17.5 Å². The van der Waals surface area contributed by atoms with Crippen LogP contribution < -0.4 is 26.4 Å². The van der Waals surface area contributed by atoms with Crippen molar-refractivity contribution in [2.75, 3.05) is 63.2 Å². The zero-order valence-electron chi connectivity index (χ0n) is 21.4. The van der Waals surface area contributed by atoms with Gasteiger partial charge < -0.3 is 31.3 Å². The van der Waals surface area contributed by atoms with Crippen molar-refractivity contribution in [2.45, 2.75) is 38.3 Å². The summed E-state index contributed by atoms with van der Waals surface area (Å²) in [7, 11) is 3.01. The van der Waals surface area contributed by atoms with Gasteiger partial charge in [0, 0.05) is 57.9 Å². The molecule has 1 atom stereocenters. The number of anilines is 3. The van der Waals surface area contributed by atoms with E-state index in [1.165, 1.54) is 14.2 Å². The molecule has 0 bridgehead atoms. The number of nitrogens with two attached hydrogens (primary N) is 2. The highest BCUT2D eigenvalue weighted by molar-refractivity contribution is 6.32. The number of methoxy groups -OCH3 is 1. The highest BCUT2D eigenvalue weighted by Gasteiger charge is 2.35. The number of aromatic nitrogens is 3. The number of pyridine rings is 1. The summed E-state index contributed by atoms with van der Waals surface area (Å²) in [5.41, 5.74) is 12.4. The quantitative estimate of drug-likeness (QED) is 0.496. The first-order valence-electron chi connectivity index (χ1n) is 12.4. The van der Waals surface area contributed by atoms with E-state index in [0.717, 1.165) is 32.4 Å². The largest absolute Gasteiger partial charge is 0.481 e. The lowest BCUT2D eigenvalue weighted by atomic mass is 9.97. The van der Waals surface area contributed by atoms with Crippen LogP contribution in [-0.4, -0.2) is 95.5 Å². The van der Waals surface area contributed by atoms with E-state index in [-0.39, 0.29) is 34.4 Å². The number of carbonyl (C=O) groups excluding carboxylic acids is 2. The first-order valence-corrected chi connectivity index (χ1v) is 12.8. The van der Waals surface area contributed by atoms with Gasteiger partial charge in [-0.05, 0) is 25.3 Å². The van der Waals surface area contributed by atoms with Crippen LogP contribution in [0.15, 0.2) is 12.1 Å². The number of nitrogens with zero attached hydrogens (tertiary/aromatic N) is 6. The number of rotatable bonds is 6. The van der Waals surface area contributed by atoms with E-state index in [2.05, 4.69) is 37.0 Å². The predicted molar refractivity (Wildman–Crippen MR) is 142 cm³/mol. The predicted octanol–water partition coefficient (Wildman–Crippen LogP) is 1.26. The van der Waals surface area contributed by atoms with E-state index in [9.17, 15) is 9.59 Å². The summed E-state index contributed by atoms with van der Waals surface area (Å²) in [6.45, 7) is 5.71. The van der Waals surface area contributed by atoms with Crippen molar-refractivity contribution in [3.8, 4) is 5.88 Å². The molecule has 2 aromatic heterocycles. The topological polar surface area (TPSA) is 156 Å². The SMILES string of the molecule is CC[C@H]1CN(c2nc(N)c(C(=O)NC)nc2Cl)CCN1C1CCN(C(=O)c2ccc(OC)nc2N)CC1. The Hall–Kier alpha value is -3.38. The second kappa shape index (κ2) is 11.3. The molecule has 4 rings (SSSR count). The van der Waals surface area contributed by atoms with Crippen LogP contribution in [0.2, 0.25) is 5.15 Å². The minimum absolute atomic E-state index is 0.0235. The average Bonchev–Trinajstić information content (AvgIpc) is 2.92. The van der Waals surface area contributed by atoms with Crippen molar-refractivity contribution in [3.63, 3.8) is 0 Å². The number of halogens is 1. The van der Waals surface area contributed by atoms with E-state index in [1.54, 1.807) is 12.1 Å². The molecule has 0 saturated carbocycles. The zero-order chi connectivity index (χ0) is 26.7. The third kappa shape index (κ3) is 5.49. The molecular formula is C24H34ClN9O3. The maximum absolute atomic E-state index is 13.1. The Morgan fingerprint density at radius 2 is 1.84 bits per heavy atom. The number of amides is 2. The Morgan fingerprint density at radius 3 is 2.46 bits per heavy atom. The number of nitrogens with one attached hydrogen (secondary N) is 1. The maximum atomic E-state index is 13.1. The van der Waals surface area contributed by atoms with Gasteiger partial charge in [-0.15, -0.1) is 0 Å². The second-order valence-corrected chi connectivity index (χ2v) is 9.56. The van der Waals surface area contributed by atoms with E-state index in [1.807, 2.05) is 4.90 Å². The number of piperidine rings is 1. The average molecular weight is 532 g/mol. The Labute approximate surface area is 221 Å². The Balaban J connectivity index is 1.39. The van der Waals surface area contributed by atoms with Crippen molar-refractivity contribution in [1.82, 2.24) is 30.1 Å². The maximum Gasteiger partial charge on any atom is 0.273 e. The lowest BCUT2D eigenvalue weighted by Crippen LogP contribution is -2.58. The summed E-state index contributed by atoms with van der Waals surface area (Å²) in [6, 6.07) is 3.96. The van der Waals surface area contributed by atoms with Crippen molar-refractivity contribution in [1.29, 1.82) is 0 Å². The third-order valence-electron chi connectivity index (χ3n) is 7.16. The first-order chi connectivity index (χ1) is 17.8. The van der Waals surface area contributed by atoms with Crippen LogP contribution in [0, 0.1) is 0 Å². The molecule has 0 aromatic carbocycles. The summed E-state index contributed by atoms with van der Waals surface area (Å²) in [5, 5.41) is 2.66. The Bertz CT molecular complexity index is 1160. The molecule has 200 valence electrons. The highest BCUT2D eigenvalue weighted by Crippen LogP contribution is 2.30. The lowest BCUT2D eigenvalue weighted by molar-refractivity contribution is 0.0491. The van der Waals surface area contributed by atoms with Crippen molar-refractivity contribution >= 4 is 40.9 Å². The molecule has 12 nitrogen and oxygen atoms in total. The van der Waals surface area contributed by atoms with Gasteiger partial charge in [0.1, 0.15) is 5.82 Å². The van der Waals surface area contributed by atoms with E-state index in [4.69, 9.17) is 27.8 Å². The number of carbonyl (C=O) groups is 2. The normalized spacial score (nSPS) is 19.1. The van der Waals surface area contributed by atoms with Gasteiger partial charge in [0.2, 0.25) is 5.88 Å². The third-order valence-corrected chi connectivity index (χ3v) is 7.42. The first kappa shape index (κ1) is 26.7. The molecule has 2 aliphatic heterocycles. The van der Waals surface area contributed by atoms with Crippen LogP contribution in [0.5, 0.6) is 5.88 Å². The van der Waals surface area contributed by atoms with Crippen LogP contribution in [0.1, 0.15) is 47.0 Å². The van der Waals surface area contributed by atoms with Crippen LogP contribution in [0.3, 0.4) is 0 Å². The van der Waals surface area contributed by atoms with Gasteiger partial charge in [-0.1, -0.05) is 18.5 Å². The fraction of sp³-hybridized carbons (Fsp3) is 0.542. The highest BCUT2D eigenvalue weighted by atomic mass is 35.5. The van der Waals surface area contributed by atoms with Gasteiger partial charge in [-0.2, -0.15) is 4.98 Å². The fourth-order valence-corrected chi connectivity index (χ4v) is 5.38. The number of piperazine rings is 1. The van der Waals surface area contributed by atoms with Crippen LogP contribution in [0.25, 0.3) is 0 Å². The van der Waals surface area contributed by atoms with Crippen molar-refractivity contribution < 1.29 is 14.3 Å². The summed E-state index contributed by atoms with van der Waals surface area (Å²) < 4.78 is 5.08. The molecule has 0 aliphatic carbocycles. The van der Waals surface area contributed by atoms with Crippen LogP contribution in [-0.2, 0) is 0 Å². The number of nitrogen functional groups attached to an aromatic ring is 2. The molecule has 0 spiro atoms. The number of likely N-dealkylation sites (tertiary alicyclic amines) is 1. The molecule has 2 aliphatic rings. The monoisotopic (exact) mass is 531 g/mol. The van der Waals surface area contributed by atoms with Gasteiger partial charge in [-0.3, -0.25) is 14.5 Å². The van der Waals surface area contributed by atoms with Gasteiger partial charge in [0.05, 0.1) is 12.7 Å². The summed E-state index contributed by atoms with van der Waals surface area (Å²) >= 11 is 6.41. The van der Waals surface area contributed by atoms with Gasteiger partial charge in [0.25, 0.3) is 11.8 Å². The Morgan fingerprint density at radius 1 is 1.11 bits per heavy atom. The lowest BCUT2D eigenvalue weighted by Gasteiger charge is -2.47. The molecule has 5 N–H and O–H groups in total. The molecule has 2 fully saturated rings. The molecule has 2 amide bonds. The molecule has 37 heavy (non-hydrogen) atoms. The zero-order valence-corrected chi connectivity index (χ0v) is 22.2. The number of hydrogen-bond donors (Lipinski definition) is 3. The molecule has 2 saturated heterocycles. The van der Waals surface area contributed by atoms with E-state index >= 15 is 0 Å². The molecule has 0 unspecified atom stereocenters. The molecule has 4 heterocycles. The van der Waals surface area contributed by atoms with Crippen molar-refractivity contribution in [3.05, 3.63) is 28.5 Å². The van der Waals surface area contributed by atoms with E-state index in [0.29, 0.717) is 42.9 Å². The van der Waals surface area contributed by atoms with E-state index < -0.39 is 5.91 Å². The Kier molecular flexibility index (Phi) is 8.18. The minimum atomic E-state index is -0.425. The van der Waals surface area contributed by atoms with Crippen LogP contribution >= 0.6 is 11.6 Å². The van der Waals surface area contributed by atoms with Gasteiger partial charge in [-0.25, -0.2) is 9.97 Å². The molecule has 0 radical (unpaired) electrons. The second-order valence-electron chi connectivity index (χ2n) is 9.21. The molecule has 2 aromatic rings. The number of hydrogen-bond acceptors (Lipinski definition) is 10. The number of ether oxygens (including phenoxy) is 1. The summed E-state index contributed by atoms with van der Waals surface area (Å²) in [5.74, 6) is 0.587. The summed E-state index contributed by atoms with van der Waals surface area (Å²) in [4.78, 5) is 44.2. The smallest absolute Gasteiger partial charge is 0.273 e. The standard InChI is InChI=1S/C24H34ClN9O3/c1-4-14-13-33(22-19(25)30-18(21(27)31-22)23(35)28-2)11-12-34(14)15-7-9-32(10-8-15)24(36)16-5-6-17(37-3)29-20(16)26/h5-6,14-15H,4,7-13H2,1-3H3,(H2,26,29)(H2,27,31)(H,28,35)/t14-/m0/s1. The van der Waals surface area contributed by atoms with Gasteiger partial charge in [0.15, 0.2) is 22.5 Å². The molecular weight excluding hydrogens is 498 g/mol.